The number of carbonyl (C=O) groups excluding carboxylic acids is 2. The van der Waals surface area contributed by atoms with E-state index in [4.69, 9.17) is 10.5 Å². The minimum atomic E-state index is -1.02. The normalized spacial score (nSPS) is 30.2. The predicted molar refractivity (Wildman–Crippen MR) is 69.9 cm³/mol. The molecule has 19 heavy (non-hydrogen) atoms. The van der Waals surface area contributed by atoms with Crippen LogP contribution in [-0.2, 0) is 14.3 Å². The highest BCUT2D eigenvalue weighted by Crippen LogP contribution is 2.16. The molecule has 1 fully saturated rings. The molecule has 0 bridgehead atoms. The third-order valence-electron chi connectivity index (χ3n) is 3.36. The molecule has 0 aromatic heterocycles. The van der Waals surface area contributed by atoms with E-state index < -0.39 is 11.4 Å². The number of nitrogens with one attached hydrogen (secondary N) is 2. The van der Waals surface area contributed by atoms with Gasteiger partial charge in [-0.15, -0.1) is 0 Å². The molecule has 0 aliphatic carbocycles. The van der Waals surface area contributed by atoms with Gasteiger partial charge in [-0.2, -0.15) is 0 Å². The van der Waals surface area contributed by atoms with Crippen LogP contribution in [-0.4, -0.2) is 36.6 Å². The van der Waals surface area contributed by atoms with Gasteiger partial charge < -0.3 is 21.1 Å². The molecule has 2 heterocycles. The summed E-state index contributed by atoms with van der Waals surface area (Å²) < 4.78 is 5.31. The predicted octanol–water partition coefficient (Wildman–Crippen LogP) is -0.431. The standard InChI is InChI=1S/C13H19N3O3/c1-13(12(14)18)7-9(4-5-15-13)11(17)16-10-3-2-6-19-8-10/h4-5,7,10,15H,2-3,6,8H2,1H3,(H2,14,18)(H,16,17). The number of hydrogen-bond donors (Lipinski definition) is 3. The molecule has 0 saturated carbocycles. The second kappa shape index (κ2) is 5.44. The molecule has 104 valence electrons. The fourth-order valence-corrected chi connectivity index (χ4v) is 2.11. The van der Waals surface area contributed by atoms with E-state index in [0.717, 1.165) is 19.4 Å². The summed E-state index contributed by atoms with van der Waals surface area (Å²) in [5.74, 6) is -0.733. The number of carbonyl (C=O) groups is 2. The Morgan fingerprint density at radius 2 is 2.37 bits per heavy atom. The topological polar surface area (TPSA) is 93.5 Å². The lowest BCUT2D eigenvalue weighted by Gasteiger charge is -2.28. The molecule has 2 atom stereocenters. The SMILES string of the molecule is CC1(C(N)=O)C=C(C(=O)NC2CCCOC2)C=CN1. The molecule has 2 aliphatic heterocycles. The number of hydrogen-bond acceptors (Lipinski definition) is 4. The molecule has 0 aromatic rings. The lowest BCUT2D eigenvalue weighted by Crippen LogP contribution is -2.51. The first kappa shape index (κ1) is 13.6. The van der Waals surface area contributed by atoms with Gasteiger partial charge in [0, 0.05) is 12.2 Å². The Hall–Kier alpha value is -1.82. The molecule has 2 rings (SSSR count). The van der Waals surface area contributed by atoms with Gasteiger partial charge in [-0.05, 0) is 38.1 Å². The Morgan fingerprint density at radius 1 is 1.58 bits per heavy atom. The minimum Gasteiger partial charge on any atom is -0.379 e. The van der Waals surface area contributed by atoms with Crippen LogP contribution in [0.5, 0.6) is 0 Å². The highest BCUT2D eigenvalue weighted by molar-refractivity contribution is 5.99. The van der Waals surface area contributed by atoms with Crippen molar-refractivity contribution in [3.05, 3.63) is 23.9 Å². The van der Waals surface area contributed by atoms with Gasteiger partial charge in [-0.3, -0.25) is 9.59 Å². The zero-order valence-corrected chi connectivity index (χ0v) is 10.9. The molecule has 6 nitrogen and oxygen atoms in total. The largest absolute Gasteiger partial charge is 0.379 e. The second-order valence-corrected chi connectivity index (χ2v) is 5.03. The zero-order chi connectivity index (χ0) is 13.9. The van der Waals surface area contributed by atoms with E-state index in [9.17, 15) is 9.59 Å². The molecule has 6 heteroatoms. The Balaban J connectivity index is 2.03. The van der Waals surface area contributed by atoms with E-state index in [-0.39, 0.29) is 11.9 Å². The first-order valence-electron chi connectivity index (χ1n) is 6.37. The average Bonchev–Trinajstić information content (AvgIpc) is 2.40. The molecule has 0 spiro atoms. The van der Waals surface area contributed by atoms with Gasteiger partial charge in [-0.1, -0.05) is 0 Å². The summed E-state index contributed by atoms with van der Waals surface area (Å²) in [6.07, 6.45) is 6.60. The summed E-state index contributed by atoms with van der Waals surface area (Å²) in [6, 6.07) is 0.0327. The van der Waals surface area contributed by atoms with Gasteiger partial charge >= 0.3 is 0 Å². The molecule has 4 N–H and O–H groups in total. The van der Waals surface area contributed by atoms with Crippen LogP contribution in [0.1, 0.15) is 19.8 Å². The Kier molecular flexibility index (Phi) is 3.90. The van der Waals surface area contributed by atoms with E-state index in [1.807, 2.05) is 0 Å². The van der Waals surface area contributed by atoms with Crippen molar-refractivity contribution in [2.45, 2.75) is 31.3 Å². The van der Waals surface area contributed by atoms with Crippen LogP contribution in [0.3, 0.4) is 0 Å². The van der Waals surface area contributed by atoms with Gasteiger partial charge in [0.15, 0.2) is 0 Å². The van der Waals surface area contributed by atoms with Crippen molar-refractivity contribution >= 4 is 11.8 Å². The van der Waals surface area contributed by atoms with Crippen molar-refractivity contribution in [2.75, 3.05) is 13.2 Å². The first-order chi connectivity index (χ1) is 9.01. The summed E-state index contributed by atoms with van der Waals surface area (Å²) in [6.45, 7) is 2.92. The molecule has 2 unspecified atom stereocenters. The molecule has 0 radical (unpaired) electrons. The fraction of sp³-hybridized carbons (Fsp3) is 0.538. The van der Waals surface area contributed by atoms with Crippen molar-refractivity contribution in [1.29, 1.82) is 0 Å². The molecular formula is C13H19N3O3. The molecule has 2 amide bonds. The van der Waals surface area contributed by atoms with Gasteiger partial charge in [-0.25, -0.2) is 0 Å². The number of dihydropyridines is 1. The lowest BCUT2D eigenvalue weighted by molar-refractivity contribution is -0.121. The summed E-state index contributed by atoms with van der Waals surface area (Å²) in [4.78, 5) is 23.5. The maximum atomic E-state index is 12.1. The van der Waals surface area contributed by atoms with Crippen molar-refractivity contribution in [2.24, 2.45) is 5.73 Å². The lowest BCUT2D eigenvalue weighted by atomic mass is 9.95. The van der Waals surface area contributed by atoms with Gasteiger partial charge in [0.1, 0.15) is 5.54 Å². The second-order valence-electron chi connectivity index (χ2n) is 5.03. The van der Waals surface area contributed by atoms with Crippen LogP contribution < -0.4 is 16.4 Å². The fourth-order valence-electron chi connectivity index (χ4n) is 2.11. The Labute approximate surface area is 112 Å². The first-order valence-corrected chi connectivity index (χ1v) is 6.37. The number of ether oxygens (including phenoxy) is 1. The van der Waals surface area contributed by atoms with Crippen molar-refractivity contribution in [3.8, 4) is 0 Å². The van der Waals surface area contributed by atoms with E-state index in [1.54, 1.807) is 25.3 Å². The van der Waals surface area contributed by atoms with Crippen LogP contribution in [0, 0.1) is 0 Å². The molecular weight excluding hydrogens is 246 g/mol. The smallest absolute Gasteiger partial charge is 0.251 e. The van der Waals surface area contributed by atoms with Gasteiger partial charge in [0.2, 0.25) is 5.91 Å². The quantitative estimate of drug-likeness (QED) is 0.645. The maximum Gasteiger partial charge on any atom is 0.251 e. The van der Waals surface area contributed by atoms with E-state index in [1.165, 1.54) is 0 Å². The zero-order valence-electron chi connectivity index (χ0n) is 10.9. The maximum absolute atomic E-state index is 12.1. The van der Waals surface area contributed by atoms with Crippen molar-refractivity contribution < 1.29 is 14.3 Å². The summed E-state index contributed by atoms with van der Waals surface area (Å²) in [7, 11) is 0. The minimum absolute atomic E-state index is 0.0327. The third-order valence-corrected chi connectivity index (χ3v) is 3.36. The monoisotopic (exact) mass is 265 g/mol. The van der Waals surface area contributed by atoms with Crippen LogP contribution in [0.15, 0.2) is 23.9 Å². The number of nitrogens with two attached hydrogens (primary N) is 1. The summed E-state index contributed by atoms with van der Waals surface area (Å²) in [5, 5.41) is 5.75. The van der Waals surface area contributed by atoms with Crippen LogP contribution in [0.25, 0.3) is 0 Å². The number of primary amides is 1. The van der Waals surface area contributed by atoms with Crippen LogP contribution >= 0.6 is 0 Å². The van der Waals surface area contributed by atoms with E-state index in [0.29, 0.717) is 12.2 Å². The summed E-state index contributed by atoms with van der Waals surface area (Å²) >= 11 is 0. The van der Waals surface area contributed by atoms with Crippen LogP contribution in [0.2, 0.25) is 0 Å². The number of rotatable bonds is 3. The number of amides is 2. The molecule has 1 saturated heterocycles. The van der Waals surface area contributed by atoms with Crippen molar-refractivity contribution in [3.63, 3.8) is 0 Å². The van der Waals surface area contributed by atoms with E-state index >= 15 is 0 Å². The van der Waals surface area contributed by atoms with Crippen LogP contribution in [0.4, 0.5) is 0 Å². The highest BCUT2D eigenvalue weighted by Gasteiger charge is 2.31. The van der Waals surface area contributed by atoms with E-state index in [2.05, 4.69) is 10.6 Å². The molecule has 2 aliphatic rings. The Morgan fingerprint density at radius 3 is 3.00 bits per heavy atom. The highest BCUT2D eigenvalue weighted by atomic mass is 16.5. The average molecular weight is 265 g/mol. The van der Waals surface area contributed by atoms with Crippen molar-refractivity contribution in [1.82, 2.24) is 10.6 Å². The summed E-state index contributed by atoms with van der Waals surface area (Å²) in [5.41, 5.74) is 4.73. The Bertz CT molecular complexity index is 438. The third kappa shape index (κ3) is 3.14. The molecule has 0 aromatic carbocycles. The van der Waals surface area contributed by atoms with Gasteiger partial charge in [0.05, 0.1) is 12.6 Å². The van der Waals surface area contributed by atoms with Gasteiger partial charge in [0.25, 0.3) is 5.91 Å².